The molecule has 3 N–H and O–H groups in total. The molecule has 160 valence electrons. The zero-order valence-electron chi connectivity index (χ0n) is 17.0. The Morgan fingerprint density at radius 1 is 1.16 bits per heavy atom. The second-order valence-corrected chi connectivity index (χ2v) is 7.75. The van der Waals surface area contributed by atoms with Crippen LogP contribution in [0.3, 0.4) is 0 Å². The quantitative estimate of drug-likeness (QED) is 0.457. The summed E-state index contributed by atoms with van der Waals surface area (Å²) in [5.74, 6) is -0.491. The normalized spacial score (nSPS) is 15.9. The minimum atomic E-state index is -1.03. The predicted molar refractivity (Wildman–Crippen MR) is 118 cm³/mol. The monoisotopic (exact) mass is 438 g/mol. The molecular formula is C22H23ClN6O2. The van der Waals surface area contributed by atoms with Gasteiger partial charge in [-0.3, -0.25) is 0 Å². The van der Waals surface area contributed by atoms with Gasteiger partial charge in [-0.15, -0.1) is 10.2 Å². The number of carboxylic acids is 1. The van der Waals surface area contributed by atoms with E-state index in [1.165, 1.54) is 0 Å². The average molecular weight is 439 g/mol. The van der Waals surface area contributed by atoms with Gasteiger partial charge in [0.15, 0.2) is 5.70 Å². The highest BCUT2D eigenvalue weighted by atomic mass is 35.5. The number of hydrogen-bond donors (Lipinski definition) is 3. The lowest BCUT2D eigenvalue weighted by molar-refractivity contribution is -0.134. The molecule has 4 rings (SSSR count). The van der Waals surface area contributed by atoms with Crippen molar-refractivity contribution in [3.8, 4) is 22.5 Å². The summed E-state index contributed by atoms with van der Waals surface area (Å²) in [6.45, 7) is 2.56. The minimum Gasteiger partial charge on any atom is -0.476 e. The molecule has 1 atom stereocenters. The van der Waals surface area contributed by atoms with Crippen molar-refractivity contribution in [3.63, 3.8) is 0 Å². The van der Waals surface area contributed by atoms with E-state index in [0.717, 1.165) is 41.5 Å². The topological polar surface area (TPSA) is 107 Å². The second-order valence-electron chi connectivity index (χ2n) is 7.38. The van der Waals surface area contributed by atoms with Gasteiger partial charge in [0.2, 0.25) is 5.82 Å². The molecule has 31 heavy (non-hydrogen) atoms. The predicted octanol–water partition coefficient (Wildman–Crippen LogP) is 3.95. The fourth-order valence-corrected chi connectivity index (χ4v) is 4.11. The van der Waals surface area contributed by atoms with Crippen molar-refractivity contribution in [2.45, 2.75) is 38.9 Å². The standard InChI is InChI=1S/C22H23ClN6O2/c1-2-3-8-18-24-20(23)19(22(30)31)29(18)13-14-9-11-15(12-10-14)16-6-4-5-7-17(16)21-25-27-28-26-21/h4-7,9-12,18,24H,2-3,8,13H2,1H3,(H,30,31)(H,25,26,27,28). The Bertz CT molecular complexity index is 1080. The molecule has 3 aromatic rings. The Kier molecular flexibility index (Phi) is 6.18. The van der Waals surface area contributed by atoms with Crippen LogP contribution in [-0.2, 0) is 11.3 Å². The lowest BCUT2D eigenvalue weighted by atomic mass is 9.98. The van der Waals surface area contributed by atoms with Crippen molar-refractivity contribution in [1.82, 2.24) is 30.8 Å². The number of benzene rings is 2. The van der Waals surface area contributed by atoms with E-state index in [9.17, 15) is 9.90 Å². The number of carbonyl (C=O) groups is 1. The molecule has 2 heterocycles. The highest BCUT2D eigenvalue weighted by Gasteiger charge is 2.34. The third-order valence-corrected chi connectivity index (χ3v) is 5.62. The number of unbranched alkanes of at least 4 members (excludes halogenated alkanes) is 1. The highest BCUT2D eigenvalue weighted by Crippen LogP contribution is 2.31. The van der Waals surface area contributed by atoms with Crippen molar-refractivity contribution in [2.24, 2.45) is 0 Å². The SMILES string of the molecule is CCCCC1NC(Cl)=C(C(=O)O)N1Cc1ccc(-c2ccccc2-c2nn[nH]n2)cc1. The number of nitrogens with zero attached hydrogens (tertiary/aromatic N) is 4. The number of nitrogens with one attached hydrogen (secondary N) is 2. The van der Waals surface area contributed by atoms with Crippen LogP contribution in [-0.4, -0.2) is 42.8 Å². The molecule has 2 aromatic carbocycles. The minimum absolute atomic E-state index is 0.120. The Labute approximate surface area is 184 Å². The fourth-order valence-electron chi connectivity index (χ4n) is 3.80. The Balaban J connectivity index is 1.58. The Hall–Kier alpha value is -3.39. The van der Waals surface area contributed by atoms with E-state index in [1.807, 2.05) is 53.4 Å². The lowest BCUT2D eigenvalue weighted by Crippen LogP contribution is -2.38. The van der Waals surface area contributed by atoms with Crippen LogP contribution in [0.4, 0.5) is 0 Å². The van der Waals surface area contributed by atoms with E-state index in [0.29, 0.717) is 12.4 Å². The summed E-state index contributed by atoms with van der Waals surface area (Å²) in [5, 5.41) is 27.3. The van der Waals surface area contributed by atoms with E-state index in [2.05, 4.69) is 32.9 Å². The fraction of sp³-hybridized carbons (Fsp3) is 0.273. The Morgan fingerprint density at radius 3 is 2.55 bits per heavy atom. The summed E-state index contributed by atoms with van der Waals surface area (Å²) in [7, 11) is 0. The van der Waals surface area contributed by atoms with Gasteiger partial charge in [-0.25, -0.2) is 4.79 Å². The number of aliphatic carboxylic acids is 1. The molecule has 0 radical (unpaired) electrons. The van der Waals surface area contributed by atoms with Gasteiger partial charge in [-0.1, -0.05) is 73.5 Å². The Morgan fingerprint density at radius 2 is 1.90 bits per heavy atom. The summed E-state index contributed by atoms with van der Waals surface area (Å²) in [6, 6.07) is 15.9. The van der Waals surface area contributed by atoms with Crippen LogP contribution in [0.25, 0.3) is 22.5 Å². The number of aromatic nitrogens is 4. The van der Waals surface area contributed by atoms with E-state index in [4.69, 9.17) is 11.6 Å². The average Bonchev–Trinajstić information content (AvgIpc) is 3.41. The third kappa shape index (κ3) is 4.39. The van der Waals surface area contributed by atoms with Gasteiger partial charge in [0, 0.05) is 12.1 Å². The lowest BCUT2D eigenvalue weighted by Gasteiger charge is -2.27. The third-order valence-electron chi connectivity index (χ3n) is 5.33. The van der Waals surface area contributed by atoms with Crippen molar-refractivity contribution in [3.05, 3.63) is 64.9 Å². The summed E-state index contributed by atoms with van der Waals surface area (Å²) >= 11 is 6.21. The first-order valence-electron chi connectivity index (χ1n) is 10.2. The number of hydrogen-bond acceptors (Lipinski definition) is 6. The molecule has 0 saturated heterocycles. The van der Waals surface area contributed by atoms with Crippen molar-refractivity contribution in [1.29, 1.82) is 0 Å². The number of aromatic amines is 1. The van der Waals surface area contributed by atoms with E-state index in [1.54, 1.807) is 0 Å². The first-order valence-corrected chi connectivity index (χ1v) is 10.5. The zero-order valence-corrected chi connectivity index (χ0v) is 17.8. The molecule has 1 unspecified atom stereocenters. The molecule has 1 aliphatic rings. The van der Waals surface area contributed by atoms with Crippen molar-refractivity contribution in [2.75, 3.05) is 0 Å². The summed E-state index contributed by atoms with van der Waals surface area (Å²) in [4.78, 5) is 13.6. The molecule has 0 bridgehead atoms. The van der Waals surface area contributed by atoms with Gasteiger partial charge in [-0.2, -0.15) is 5.21 Å². The van der Waals surface area contributed by atoms with Crippen LogP contribution >= 0.6 is 11.6 Å². The van der Waals surface area contributed by atoms with Crippen LogP contribution in [0.1, 0.15) is 31.7 Å². The zero-order chi connectivity index (χ0) is 21.8. The second kappa shape index (κ2) is 9.18. The molecule has 0 aliphatic carbocycles. The first kappa shape index (κ1) is 20.9. The van der Waals surface area contributed by atoms with Crippen molar-refractivity contribution < 1.29 is 9.90 Å². The van der Waals surface area contributed by atoms with Crippen LogP contribution in [0, 0.1) is 0 Å². The van der Waals surface area contributed by atoms with Gasteiger partial charge in [0.25, 0.3) is 0 Å². The van der Waals surface area contributed by atoms with E-state index in [-0.39, 0.29) is 17.0 Å². The van der Waals surface area contributed by atoms with Crippen LogP contribution in [0.5, 0.6) is 0 Å². The molecule has 9 heteroatoms. The van der Waals surface area contributed by atoms with Gasteiger partial charge in [0.1, 0.15) is 11.3 Å². The maximum Gasteiger partial charge on any atom is 0.355 e. The molecule has 0 fully saturated rings. The summed E-state index contributed by atoms with van der Waals surface area (Å²) in [5.41, 5.74) is 4.00. The first-order chi connectivity index (χ1) is 15.1. The van der Waals surface area contributed by atoms with Gasteiger partial charge < -0.3 is 15.3 Å². The summed E-state index contributed by atoms with van der Waals surface area (Å²) in [6.07, 6.45) is 2.70. The summed E-state index contributed by atoms with van der Waals surface area (Å²) < 4.78 is 0. The van der Waals surface area contributed by atoms with Crippen molar-refractivity contribution >= 4 is 17.6 Å². The number of rotatable bonds is 8. The molecule has 0 spiro atoms. The largest absolute Gasteiger partial charge is 0.476 e. The van der Waals surface area contributed by atoms with Crippen LogP contribution in [0.2, 0.25) is 0 Å². The molecule has 8 nitrogen and oxygen atoms in total. The highest BCUT2D eigenvalue weighted by molar-refractivity contribution is 6.31. The molecule has 1 aliphatic heterocycles. The maximum absolute atomic E-state index is 11.8. The number of tetrazole rings is 1. The molecular weight excluding hydrogens is 416 g/mol. The van der Waals surface area contributed by atoms with Gasteiger partial charge in [0.05, 0.1) is 0 Å². The van der Waals surface area contributed by atoms with Crippen LogP contribution < -0.4 is 5.32 Å². The van der Waals surface area contributed by atoms with Gasteiger partial charge >= 0.3 is 5.97 Å². The number of H-pyrrole nitrogens is 1. The van der Waals surface area contributed by atoms with E-state index >= 15 is 0 Å². The van der Waals surface area contributed by atoms with Gasteiger partial charge in [-0.05, 0) is 34.7 Å². The molecule has 0 amide bonds. The maximum atomic E-state index is 11.8. The number of halogens is 1. The number of carboxylic acid groups (broad SMARTS) is 1. The van der Waals surface area contributed by atoms with Crippen LogP contribution in [0.15, 0.2) is 59.4 Å². The molecule has 0 saturated carbocycles. The van der Waals surface area contributed by atoms with E-state index < -0.39 is 5.97 Å². The smallest absolute Gasteiger partial charge is 0.355 e. The molecule has 1 aromatic heterocycles.